The number of carbonyl (C=O) groups is 1. The Bertz CT molecular complexity index is 382. The van der Waals surface area contributed by atoms with Gasteiger partial charge in [-0.25, -0.2) is 4.98 Å². The molecule has 1 aromatic rings. The molecule has 0 atom stereocenters. The topological polar surface area (TPSA) is 72.5 Å². The second-order valence-electron chi connectivity index (χ2n) is 4.18. The van der Waals surface area contributed by atoms with Gasteiger partial charge in [-0.3, -0.25) is 4.79 Å². The Morgan fingerprint density at radius 1 is 1.30 bits per heavy atom. The van der Waals surface area contributed by atoms with Crippen LogP contribution in [0.3, 0.4) is 0 Å². The predicted octanol–water partition coefficient (Wildman–Crippen LogP) is 1.30. The third kappa shape index (κ3) is 6.49. The van der Waals surface area contributed by atoms with E-state index >= 15 is 0 Å². The summed E-state index contributed by atoms with van der Waals surface area (Å²) < 4.78 is 10.2. The quantitative estimate of drug-likeness (QED) is 0.632. The SMILES string of the molecule is CCNc1ccc(C(=O)NCCCOCCOC)nc1. The van der Waals surface area contributed by atoms with Gasteiger partial charge in [0.25, 0.3) is 5.91 Å². The second kappa shape index (κ2) is 10.2. The highest BCUT2D eigenvalue weighted by atomic mass is 16.5. The van der Waals surface area contributed by atoms with Gasteiger partial charge in [0.2, 0.25) is 0 Å². The first-order chi connectivity index (χ1) is 9.77. The lowest BCUT2D eigenvalue weighted by Crippen LogP contribution is -2.26. The van der Waals surface area contributed by atoms with E-state index in [1.807, 2.05) is 13.0 Å². The Hall–Kier alpha value is -1.66. The average Bonchev–Trinajstić information content (AvgIpc) is 2.47. The third-order valence-electron chi connectivity index (χ3n) is 2.56. The summed E-state index contributed by atoms with van der Waals surface area (Å²) in [4.78, 5) is 15.9. The smallest absolute Gasteiger partial charge is 0.269 e. The molecule has 0 saturated heterocycles. The number of rotatable bonds is 10. The van der Waals surface area contributed by atoms with Crippen LogP contribution in [0.25, 0.3) is 0 Å². The maximum Gasteiger partial charge on any atom is 0.269 e. The fourth-order valence-electron chi connectivity index (χ4n) is 1.55. The number of pyridine rings is 1. The molecule has 1 rings (SSSR count). The van der Waals surface area contributed by atoms with Crippen molar-refractivity contribution in [1.82, 2.24) is 10.3 Å². The van der Waals surface area contributed by atoms with E-state index in [-0.39, 0.29) is 5.91 Å². The molecular formula is C14H23N3O3. The van der Waals surface area contributed by atoms with Crippen LogP contribution in [0.15, 0.2) is 18.3 Å². The van der Waals surface area contributed by atoms with Crippen molar-refractivity contribution in [3.05, 3.63) is 24.0 Å². The number of nitrogens with one attached hydrogen (secondary N) is 2. The molecule has 0 unspecified atom stereocenters. The van der Waals surface area contributed by atoms with E-state index in [0.717, 1.165) is 18.7 Å². The summed E-state index contributed by atoms with van der Waals surface area (Å²) in [5.41, 5.74) is 1.34. The largest absolute Gasteiger partial charge is 0.384 e. The molecule has 0 fully saturated rings. The summed E-state index contributed by atoms with van der Waals surface area (Å²) in [7, 11) is 1.64. The van der Waals surface area contributed by atoms with Crippen LogP contribution in [0.1, 0.15) is 23.8 Å². The van der Waals surface area contributed by atoms with Crippen LogP contribution in [-0.2, 0) is 9.47 Å². The molecular weight excluding hydrogens is 258 g/mol. The molecule has 0 aliphatic carbocycles. The highest BCUT2D eigenvalue weighted by molar-refractivity contribution is 5.92. The Labute approximate surface area is 119 Å². The van der Waals surface area contributed by atoms with Gasteiger partial charge in [0.05, 0.1) is 25.1 Å². The number of carbonyl (C=O) groups excluding carboxylic acids is 1. The average molecular weight is 281 g/mol. The van der Waals surface area contributed by atoms with E-state index in [1.165, 1.54) is 0 Å². The van der Waals surface area contributed by atoms with Crippen molar-refractivity contribution in [1.29, 1.82) is 0 Å². The van der Waals surface area contributed by atoms with Crippen LogP contribution in [-0.4, -0.2) is 50.9 Å². The van der Waals surface area contributed by atoms with Gasteiger partial charge < -0.3 is 20.1 Å². The van der Waals surface area contributed by atoms with Crippen molar-refractivity contribution < 1.29 is 14.3 Å². The number of nitrogens with zero attached hydrogens (tertiary/aromatic N) is 1. The Balaban J connectivity index is 2.18. The molecule has 0 spiro atoms. The van der Waals surface area contributed by atoms with Crippen LogP contribution in [0.2, 0.25) is 0 Å². The fourth-order valence-corrected chi connectivity index (χ4v) is 1.55. The summed E-state index contributed by atoms with van der Waals surface area (Å²) in [6.45, 7) is 5.19. The molecule has 0 aliphatic heterocycles. The molecule has 112 valence electrons. The van der Waals surface area contributed by atoms with Crippen LogP contribution in [0, 0.1) is 0 Å². The zero-order chi connectivity index (χ0) is 14.6. The zero-order valence-electron chi connectivity index (χ0n) is 12.1. The number of ether oxygens (including phenoxy) is 2. The van der Waals surface area contributed by atoms with E-state index < -0.39 is 0 Å². The maximum atomic E-state index is 11.8. The van der Waals surface area contributed by atoms with Gasteiger partial charge in [0, 0.05) is 26.8 Å². The third-order valence-corrected chi connectivity index (χ3v) is 2.56. The monoisotopic (exact) mass is 281 g/mol. The van der Waals surface area contributed by atoms with E-state index in [9.17, 15) is 4.79 Å². The first kappa shape index (κ1) is 16.4. The van der Waals surface area contributed by atoms with Crippen LogP contribution < -0.4 is 10.6 Å². The van der Waals surface area contributed by atoms with Crippen LogP contribution in [0.4, 0.5) is 5.69 Å². The number of hydrogen-bond donors (Lipinski definition) is 2. The Morgan fingerprint density at radius 3 is 2.80 bits per heavy atom. The van der Waals surface area contributed by atoms with Crippen molar-refractivity contribution in [3.63, 3.8) is 0 Å². The minimum absolute atomic E-state index is 0.162. The van der Waals surface area contributed by atoms with Crippen molar-refractivity contribution in [2.45, 2.75) is 13.3 Å². The van der Waals surface area contributed by atoms with Crippen molar-refractivity contribution in [2.24, 2.45) is 0 Å². The molecule has 0 radical (unpaired) electrons. The van der Waals surface area contributed by atoms with Crippen molar-refractivity contribution in [2.75, 3.05) is 45.3 Å². The number of methoxy groups -OCH3 is 1. The first-order valence-corrected chi connectivity index (χ1v) is 6.82. The van der Waals surface area contributed by atoms with Gasteiger partial charge in [-0.15, -0.1) is 0 Å². The molecule has 6 heteroatoms. The minimum atomic E-state index is -0.162. The van der Waals surface area contributed by atoms with Gasteiger partial charge in [-0.1, -0.05) is 0 Å². The molecule has 2 N–H and O–H groups in total. The number of aromatic nitrogens is 1. The predicted molar refractivity (Wildman–Crippen MR) is 78.0 cm³/mol. The Morgan fingerprint density at radius 2 is 2.15 bits per heavy atom. The molecule has 0 saturated carbocycles. The van der Waals surface area contributed by atoms with Crippen LogP contribution >= 0.6 is 0 Å². The second-order valence-corrected chi connectivity index (χ2v) is 4.18. The molecule has 0 aromatic carbocycles. The fraction of sp³-hybridized carbons (Fsp3) is 0.571. The lowest BCUT2D eigenvalue weighted by Gasteiger charge is -2.07. The minimum Gasteiger partial charge on any atom is -0.384 e. The highest BCUT2D eigenvalue weighted by Gasteiger charge is 2.05. The summed E-state index contributed by atoms with van der Waals surface area (Å²) in [6, 6.07) is 3.56. The molecule has 1 heterocycles. The number of hydrogen-bond acceptors (Lipinski definition) is 5. The molecule has 1 aromatic heterocycles. The first-order valence-electron chi connectivity index (χ1n) is 6.82. The lowest BCUT2D eigenvalue weighted by atomic mass is 10.3. The van der Waals surface area contributed by atoms with E-state index in [1.54, 1.807) is 19.4 Å². The number of anilines is 1. The summed E-state index contributed by atoms with van der Waals surface area (Å²) in [5.74, 6) is -0.162. The molecule has 0 bridgehead atoms. The van der Waals surface area contributed by atoms with Gasteiger partial charge in [-0.2, -0.15) is 0 Å². The molecule has 0 aliphatic rings. The van der Waals surface area contributed by atoms with E-state index in [4.69, 9.17) is 9.47 Å². The zero-order valence-corrected chi connectivity index (χ0v) is 12.1. The standard InChI is InChI=1S/C14H23N3O3/c1-3-15-12-5-6-13(17-11-12)14(18)16-7-4-8-20-10-9-19-2/h5-6,11,15H,3-4,7-10H2,1-2H3,(H,16,18). The van der Waals surface area contributed by atoms with Gasteiger partial charge in [-0.05, 0) is 25.5 Å². The summed E-state index contributed by atoms with van der Waals surface area (Å²) in [6.07, 6.45) is 2.43. The normalized spacial score (nSPS) is 10.3. The van der Waals surface area contributed by atoms with Gasteiger partial charge in [0.1, 0.15) is 5.69 Å². The summed E-state index contributed by atoms with van der Waals surface area (Å²) >= 11 is 0. The summed E-state index contributed by atoms with van der Waals surface area (Å²) in [5, 5.41) is 5.94. The lowest BCUT2D eigenvalue weighted by molar-refractivity contribution is 0.0688. The van der Waals surface area contributed by atoms with Crippen molar-refractivity contribution >= 4 is 11.6 Å². The highest BCUT2D eigenvalue weighted by Crippen LogP contribution is 2.05. The molecule has 20 heavy (non-hydrogen) atoms. The van der Waals surface area contributed by atoms with Gasteiger partial charge in [0.15, 0.2) is 0 Å². The van der Waals surface area contributed by atoms with E-state index in [0.29, 0.717) is 32.1 Å². The molecule has 6 nitrogen and oxygen atoms in total. The number of amides is 1. The van der Waals surface area contributed by atoms with Crippen LogP contribution in [0.5, 0.6) is 0 Å². The molecule has 1 amide bonds. The Kier molecular flexibility index (Phi) is 8.33. The van der Waals surface area contributed by atoms with Crippen molar-refractivity contribution in [3.8, 4) is 0 Å². The van der Waals surface area contributed by atoms with Gasteiger partial charge >= 0.3 is 0 Å². The maximum absolute atomic E-state index is 11.8. The van der Waals surface area contributed by atoms with E-state index in [2.05, 4.69) is 15.6 Å².